The Balaban J connectivity index is 1.51. The van der Waals surface area contributed by atoms with Crippen molar-refractivity contribution < 1.29 is 29.4 Å². The Kier molecular flexibility index (Phi) is 7.23. The number of aryl methyl sites for hydroxylation is 1. The fourth-order valence-corrected chi connectivity index (χ4v) is 6.47. The van der Waals surface area contributed by atoms with Crippen molar-refractivity contribution in [3.05, 3.63) is 38.9 Å². The molecule has 0 aromatic carbocycles. The number of hydrogen-bond donors (Lipinski definition) is 4. The van der Waals surface area contributed by atoms with E-state index in [1.165, 1.54) is 35.0 Å². The van der Waals surface area contributed by atoms with Gasteiger partial charge in [-0.1, -0.05) is 16.9 Å². The van der Waals surface area contributed by atoms with Crippen molar-refractivity contribution in [3.8, 4) is 5.75 Å². The van der Waals surface area contributed by atoms with Crippen molar-refractivity contribution >= 4 is 63.5 Å². The van der Waals surface area contributed by atoms with Gasteiger partial charge in [-0.3, -0.25) is 19.3 Å². The molecule has 4 heterocycles. The third kappa shape index (κ3) is 4.76. The number of aliphatic carboxylic acids is 1. The number of aromatic hydroxyl groups is 1. The van der Waals surface area contributed by atoms with Gasteiger partial charge in [0, 0.05) is 23.9 Å². The number of oxime groups is 1. The molecule has 0 saturated carbocycles. The van der Waals surface area contributed by atoms with Gasteiger partial charge in [-0.05, 0) is 5.57 Å². The molecule has 14 nitrogen and oxygen atoms in total. The number of β-lactam (4-membered cyclic amide) rings is 1. The zero-order valence-electron chi connectivity index (χ0n) is 18.7. The zero-order valence-corrected chi connectivity index (χ0v) is 21.1. The third-order valence-corrected chi connectivity index (χ3v) is 8.25. The summed E-state index contributed by atoms with van der Waals surface area (Å²) in [5, 5.41) is 27.0. The first-order valence-corrected chi connectivity index (χ1v) is 13.0. The maximum absolute atomic E-state index is 12.9. The Bertz CT molecular complexity index is 1370. The number of nitrogens with zero attached hydrogens (tertiary/aromatic N) is 5. The van der Waals surface area contributed by atoms with Crippen LogP contribution >= 0.6 is 34.9 Å². The smallest absolute Gasteiger partial charge is 0.352 e. The number of thiazole rings is 1. The number of amides is 2. The molecule has 2 aromatic rings. The number of fused-ring (bicyclic) bond motifs is 1. The minimum Gasteiger partial charge on any atom is -0.502 e. The number of carboxylic acids is 1. The van der Waals surface area contributed by atoms with Crippen LogP contribution in [0.25, 0.3) is 0 Å². The van der Waals surface area contributed by atoms with E-state index >= 15 is 0 Å². The largest absolute Gasteiger partial charge is 0.502 e. The van der Waals surface area contributed by atoms with E-state index in [9.17, 15) is 29.4 Å². The lowest BCUT2D eigenvalue weighted by atomic mass is 10.0. The number of nitrogens with one attached hydrogen (secondary N) is 1. The van der Waals surface area contributed by atoms with Crippen molar-refractivity contribution in [3.63, 3.8) is 0 Å². The number of rotatable bonds is 8. The van der Waals surface area contributed by atoms with Gasteiger partial charge < -0.3 is 30.7 Å². The first-order chi connectivity index (χ1) is 17.1. The summed E-state index contributed by atoms with van der Waals surface area (Å²) in [4.78, 5) is 63.1. The summed E-state index contributed by atoms with van der Waals surface area (Å²) in [7, 11) is 2.84. The molecular weight excluding hydrogens is 534 g/mol. The predicted molar refractivity (Wildman–Crippen MR) is 132 cm³/mol. The lowest BCUT2D eigenvalue weighted by molar-refractivity contribution is -0.150. The first-order valence-electron chi connectivity index (χ1n) is 10.0. The Hall–Kier alpha value is -3.57. The van der Waals surface area contributed by atoms with Gasteiger partial charge in [-0.25, -0.2) is 9.78 Å². The average Bonchev–Trinajstić information content (AvgIpc) is 3.27. The second-order valence-corrected chi connectivity index (χ2v) is 10.4. The summed E-state index contributed by atoms with van der Waals surface area (Å²) in [5.41, 5.74) is 5.11. The molecule has 2 aliphatic heterocycles. The van der Waals surface area contributed by atoms with Crippen LogP contribution in [0.5, 0.6) is 5.75 Å². The van der Waals surface area contributed by atoms with E-state index in [0.717, 1.165) is 28.0 Å². The first kappa shape index (κ1) is 25.5. The van der Waals surface area contributed by atoms with Crippen LogP contribution in [-0.2, 0) is 26.3 Å². The fourth-order valence-electron chi connectivity index (χ4n) is 3.50. The van der Waals surface area contributed by atoms with Crippen LogP contribution in [0.1, 0.15) is 5.69 Å². The summed E-state index contributed by atoms with van der Waals surface area (Å²) in [5.74, 6) is -2.69. The monoisotopic (exact) mass is 553 g/mol. The highest BCUT2D eigenvalue weighted by Crippen LogP contribution is 2.41. The van der Waals surface area contributed by atoms with Crippen molar-refractivity contribution in [2.24, 2.45) is 12.2 Å². The molecule has 4 rings (SSSR count). The number of anilines is 1. The lowest BCUT2D eigenvalue weighted by Gasteiger charge is -2.49. The second-order valence-electron chi connectivity index (χ2n) is 7.43. The molecule has 1 saturated heterocycles. The van der Waals surface area contributed by atoms with E-state index in [1.807, 2.05) is 0 Å². The number of carboxylic acid groups (broad SMARTS) is 1. The van der Waals surface area contributed by atoms with Gasteiger partial charge in [-0.15, -0.1) is 23.1 Å². The Morgan fingerprint density at radius 1 is 1.39 bits per heavy atom. The molecule has 2 aliphatic rings. The molecule has 0 radical (unpaired) electrons. The molecule has 2 atom stereocenters. The van der Waals surface area contributed by atoms with Gasteiger partial charge in [0.25, 0.3) is 11.8 Å². The van der Waals surface area contributed by atoms with Crippen LogP contribution in [0.2, 0.25) is 0 Å². The summed E-state index contributed by atoms with van der Waals surface area (Å²) in [6.07, 6.45) is 1.21. The minimum atomic E-state index is -1.29. The number of aromatic nitrogens is 3. The van der Waals surface area contributed by atoms with E-state index in [4.69, 9.17) is 10.6 Å². The Morgan fingerprint density at radius 3 is 2.78 bits per heavy atom. The minimum absolute atomic E-state index is 0.142. The standard InChI is InChI=1S/C19H19N7O7S3/c1-25-3-9(27)13(28)23-19(25)36-5-7-4-34-16-11(15(30)26(16)12(7)17(31)32)22-14(29)10(24-33-2)8-6-35-18(20)21-8/h3,6,11,16,27H,4-5H2,1-2H3,(H2,20,21)(H,22,29)(H,31,32)/b24-10-/t11-,16-/m1/s1. The van der Waals surface area contributed by atoms with Crippen LogP contribution in [0.15, 0.2) is 38.0 Å². The molecule has 190 valence electrons. The molecule has 5 N–H and O–H groups in total. The van der Waals surface area contributed by atoms with Crippen LogP contribution in [0.3, 0.4) is 0 Å². The maximum Gasteiger partial charge on any atom is 0.352 e. The molecular formula is C19H19N7O7S3. The molecule has 17 heteroatoms. The SMILES string of the molecule is CO/N=C(\C(=O)N[C@@H]1C(=O)N2C(C(=O)O)=C(CSc3nc(=O)c(O)cn3C)CS[C@H]12)c1csc(N)n1. The molecule has 0 unspecified atom stereocenters. The highest BCUT2D eigenvalue weighted by molar-refractivity contribution is 8.01. The summed E-state index contributed by atoms with van der Waals surface area (Å²) < 4.78 is 1.44. The summed E-state index contributed by atoms with van der Waals surface area (Å²) in [6, 6.07) is -0.983. The molecule has 2 amide bonds. The van der Waals surface area contributed by atoms with Crippen molar-refractivity contribution in [2.75, 3.05) is 24.3 Å². The number of nitrogen functional groups attached to an aromatic ring is 1. The fraction of sp³-hybridized carbons (Fsp3) is 0.316. The summed E-state index contributed by atoms with van der Waals surface area (Å²) >= 11 is 3.49. The van der Waals surface area contributed by atoms with E-state index in [2.05, 4.69) is 20.4 Å². The highest BCUT2D eigenvalue weighted by atomic mass is 32.2. The van der Waals surface area contributed by atoms with E-state index in [1.54, 1.807) is 7.05 Å². The van der Waals surface area contributed by atoms with Crippen LogP contribution in [0, 0.1) is 0 Å². The molecule has 0 bridgehead atoms. The van der Waals surface area contributed by atoms with Gasteiger partial charge in [0.2, 0.25) is 0 Å². The normalized spacial score (nSPS) is 19.6. The zero-order chi connectivity index (χ0) is 26.1. The van der Waals surface area contributed by atoms with Crippen molar-refractivity contribution in [1.82, 2.24) is 24.8 Å². The van der Waals surface area contributed by atoms with Crippen LogP contribution in [0.4, 0.5) is 5.13 Å². The van der Waals surface area contributed by atoms with Gasteiger partial charge in [0.1, 0.15) is 29.9 Å². The topological polar surface area (TPSA) is 202 Å². The number of carbonyl (C=O) groups excluding carboxylic acids is 2. The average molecular weight is 554 g/mol. The predicted octanol–water partition coefficient (Wildman–Crippen LogP) is -0.594. The van der Waals surface area contributed by atoms with Crippen molar-refractivity contribution in [2.45, 2.75) is 16.6 Å². The molecule has 2 aromatic heterocycles. The maximum atomic E-state index is 12.9. The molecule has 1 fully saturated rings. The number of carbonyl (C=O) groups is 3. The van der Waals surface area contributed by atoms with Gasteiger partial charge in [-0.2, -0.15) is 4.98 Å². The van der Waals surface area contributed by atoms with Gasteiger partial charge in [0.05, 0.1) is 6.20 Å². The number of nitrogens with two attached hydrogens (primary N) is 1. The molecule has 0 aliphatic carbocycles. The molecule has 36 heavy (non-hydrogen) atoms. The quantitative estimate of drug-likeness (QED) is 0.106. The van der Waals surface area contributed by atoms with Crippen molar-refractivity contribution in [1.29, 1.82) is 0 Å². The van der Waals surface area contributed by atoms with Crippen LogP contribution in [-0.4, -0.2) is 83.2 Å². The van der Waals surface area contributed by atoms with E-state index in [0.29, 0.717) is 5.57 Å². The van der Waals surface area contributed by atoms with Gasteiger partial charge in [0.15, 0.2) is 21.7 Å². The Morgan fingerprint density at radius 2 is 2.14 bits per heavy atom. The van der Waals surface area contributed by atoms with Crippen LogP contribution < -0.4 is 16.6 Å². The Labute approximate surface area is 215 Å². The van der Waals surface area contributed by atoms with Gasteiger partial charge >= 0.3 is 11.5 Å². The lowest BCUT2D eigenvalue weighted by Crippen LogP contribution is -2.71. The second kappa shape index (κ2) is 10.2. The van der Waals surface area contributed by atoms with E-state index < -0.39 is 40.5 Å². The molecule has 0 spiro atoms. The summed E-state index contributed by atoms with van der Waals surface area (Å²) in [6.45, 7) is 0. The number of thioether (sulfide) groups is 2. The number of hydrogen-bond acceptors (Lipinski definition) is 13. The highest BCUT2D eigenvalue weighted by Gasteiger charge is 2.54. The van der Waals surface area contributed by atoms with E-state index in [-0.39, 0.29) is 38.9 Å². The third-order valence-electron chi connectivity index (χ3n) is 5.11.